The van der Waals surface area contributed by atoms with E-state index in [0.717, 1.165) is 0 Å². The highest BCUT2D eigenvalue weighted by Crippen LogP contribution is 2.19. The molecule has 0 saturated carbocycles. The van der Waals surface area contributed by atoms with Gasteiger partial charge in [-0.3, -0.25) is 14.4 Å². The number of para-hydroxylation sites is 1. The number of hydrogen-bond acceptors (Lipinski definition) is 3. The summed E-state index contributed by atoms with van der Waals surface area (Å²) >= 11 is 6.04. The van der Waals surface area contributed by atoms with Crippen LogP contribution in [0.2, 0.25) is 5.15 Å². The Hall–Kier alpha value is -2.34. The average molecular weight is 295 g/mol. The van der Waals surface area contributed by atoms with Crippen molar-refractivity contribution in [3.8, 4) is 0 Å². The average Bonchev–Trinajstić information content (AvgIpc) is 2.43. The zero-order chi connectivity index (χ0) is 14.9. The minimum atomic E-state index is -1.20. The zero-order valence-corrected chi connectivity index (χ0v) is 11.3. The van der Waals surface area contributed by atoms with Gasteiger partial charge in [0.15, 0.2) is 0 Å². The molecule has 1 aromatic carbocycles. The molecule has 104 valence electrons. The van der Waals surface area contributed by atoms with Crippen molar-refractivity contribution in [1.82, 2.24) is 9.88 Å². The highest BCUT2D eigenvalue weighted by molar-refractivity contribution is 6.33. The molecule has 0 saturated heterocycles. The maximum atomic E-state index is 12.3. The topological polar surface area (TPSA) is 88.4 Å². The monoisotopic (exact) mass is 294 g/mol. The van der Waals surface area contributed by atoms with E-state index < -0.39 is 23.9 Å². The van der Waals surface area contributed by atoms with Crippen LogP contribution in [0, 0.1) is 0 Å². The fourth-order valence-corrected chi connectivity index (χ4v) is 2.16. The Balaban J connectivity index is 2.62. The molecule has 0 bridgehead atoms. The number of nitrogens with zero attached hydrogens (tertiary/aromatic N) is 1. The summed E-state index contributed by atoms with van der Waals surface area (Å²) < 4.78 is 1.51. The number of hydrogen-bond donors (Lipinski definition) is 2. The van der Waals surface area contributed by atoms with Gasteiger partial charge in [-0.1, -0.05) is 23.7 Å². The number of carbonyl (C=O) groups excluding carboxylic acids is 1. The number of carboxylic acids is 1. The van der Waals surface area contributed by atoms with Crippen LogP contribution < -0.4 is 10.7 Å². The van der Waals surface area contributed by atoms with E-state index in [1.165, 1.54) is 4.57 Å². The number of nitrogens with one attached hydrogen (secondary N) is 1. The summed E-state index contributed by atoms with van der Waals surface area (Å²) in [5, 5.41) is 11.0. The standard InChI is InChI=1S/C13H11ClN2O4/c1-16-8-5-3-2-4-7(8)11(19)10(12(16)14)13(20)15-6-9(17)18/h2-5H,6H2,1H3,(H,15,20)(H,17,18). The molecule has 0 atom stereocenters. The van der Waals surface area contributed by atoms with Gasteiger partial charge in [-0.05, 0) is 12.1 Å². The second-order valence-electron chi connectivity index (χ2n) is 4.15. The molecule has 1 amide bonds. The van der Waals surface area contributed by atoms with E-state index in [-0.39, 0.29) is 10.7 Å². The first-order chi connectivity index (χ1) is 9.43. The van der Waals surface area contributed by atoms with Gasteiger partial charge in [-0.2, -0.15) is 0 Å². The van der Waals surface area contributed by atoms with Crippen LogP contribution in [0.25, 0.3) is 10.9 Å². The van der Waals surface area contributed by atoms with Crippen LogP contribution in [0.15, 0.2) is 29.1 Å². The molecule has 7 heteroatoms. The minimum Gasteiger partial charge on any atom is -0.480 e. The molecule has 1 heterocycles. The Kier molecular flexibility index (Phi) is 3.76. The molecule has 0 unspecified atom stereocenters. The SMILES string of the molecule is Cn1c(Cl)c(C(=O)NCC(=O)O)c(=O)c2ccccc21. The van der Waals surface area contributed by atoms with Gasteiger partial charge in [-0.25, -0.2) is 0 Å². The largest absolute Gasteiger partial charge is 0.480 e. The molecule has 0 fully saturated rings. The number of aliphatic carboxylic acids is 1. The molecule has 2 rings (SSSR count). The molecule has 2 aromatic rings. The van der Waals surface area contributed by atoms with Gasteiger partial charge in [0.1, 0.15) is 17.3 Å². The predicted octanol–water partition coefficient (Wildman–Crippen LogP) is 1.01. The third-order valence-corrected chi connectivity index (χ3v) is 3.31. The number of fused-ring (bicyclic) bond motifs is 1. The van der Waals surface area contributed by atoms with Gasteiger partial charge in [0.05, 0.1) is 5.52 Å². The number of amides is 1. The van der Waals surface area contributed by atoms with Crippen LogP contribution in [0.4, 0.5) is 0 Å². The molecule has 20 heavy (non-hydrogen) atoms. The fraction of sp³-hybridized carbons (Fsp3) is 0.154. The van der Waals surface area contributed by atoms with E-state index in [9.17, 15) is 14.4 Å². The highest BCUT2D eigenvalue weighted by Gasteiger charge is 2.20. The Morgan fingerprint density at radius 1 is 1.35 bits per heavy atom. The Morgan fingerprint density at radius 3 is 2.65 bits per heavy atom. The van der Waals surface area contributed by atoms with E-state index in [2.05, 4.69) is 5.32 Å². The first-order valence-corrected chi connectivity index (χ1v) is 6.08. The van der Waals surface area contributed by atoms with Crippen molar-refractivity contribution in [1.29, 1.82) is 0 Å². The van der Waals surface area contributed by atoms with Gasteiger partial charge in [-0.15, -0.1) is 0 Å². The molecule has 0 radical (unpaired) electrons. The highest BCUT2D eigenvalue weighted by atomic mass is 35.5. The summed E-state index contributed by atoms with van der Waals surface area (Å²) in [5.41, 5.74) is -0.182. The van der Waals surface area contributed by atoms with Crippen LogP contribution in [-0.2, 0) is 11.8 Å². The normalized spacial score (nSPS) is 10.5. The van der Waals surface area contributed by atoms with E-state index in [0.29, 0.717) is 10.9 Å². The van der Waals surface area contributed by atoms with E-state index >= 15 is 0 Å². The first kappa shape index (κ1) is 14.1. The summed E-state index contributed by atoms with van der Waals surface area (Å²) in [6.45, 7) is -0.578. The molecule has 6 nitrogen and oxygen atoms in total. The van der Waals surface area contributed by atoms with Gasteiger partial charge >= 0.3 is 5.97 Å². The Labute approximate surface area is 118 Å². The lowest BCUT2D eigenvalue weighted by molar-refractivity contribution is -0.135. The van der Waals surface area contributed by atoms with Crippen molar-refractivity contribution >= 4 is 34.4 Å². The van der Waals surface area contributed by atoms with E-state index in [1.807, 2.05) is 0 Å². The fourth-order valence-electron chi connectivity index (χ4n) is 1.90. The predicted molar refractivity (Wildman–Crippen MR) is 74.2 cm³/mol. The van der Waals surface area contributed by atoms with E-state index in [1.54, 1.807) is 31.3 Å². The molecule has 0 spiro atoms. The summed E-state index contributed by atoms with van der Waals surface area (Å²) in [7, 11) is 1.62. The molecule has 2 N–H and O–H groups in total. The Bertz CT molecular complexity index is 767. The van der Waals surface area contributed by atoms with Crippen molar-refractivity contribution in [3.63, 3.8) is 0 Å². The van der Waals surface area contributed by atoms with Crippen molar-refractivity contribution in [3.05, 3.63) is 45.2 Å². The number of benzene rings is 1. The number of aromatic nitrogens is 1. The van der Waals surface area contributed by atoms with Crippen LogP contribution in [0.5, 0.6) is 0 Å². The molecule has 0 aliphatic heterocycles. The van der Waals surface area contributed by atoms with Gasteiger partial charge in [0.2, 0.25) is 5.43 Å². The smallest absolute Gasteiger partial charge is 0.322 e. The number of carbonyl (C=O) groups is 2. The van der Waals surface area contributed by atoms with Crippen LogP contribution in [-0.4, -0.2) is 28.1 Å². The Morgan fingerprint density at radius 2 is 2.00 bits per heavy atom. The van der Waals surface area contributed by atoms with E-state index in [4.69, 9.17) is 16.7 Å². The maximum Gasteiger partial charge on any atom is 0.322 e. The number of pyridine rings is 1. The summed E-state index contributed by atoms with van der Waals surface area (Å²) in [6, 6.07) is 6.72. The zero-order valence-electron chi connectivity index (χ0n) is 10.5. The van der Waals surface area contributed by atoms with Gasteiger partial charge < -0.3 is 15.0 Å². The third kappa shape index (κ3) is 2.37. The minimum absolute atomic E-state index is 0.0309. The number of rotatable bonds is 3. The lowest BCUT2D eigenvalue weighted by atomic mass is 10.1. The van der Waals surface area contributed by atoms with Crippen molar-refractivity contribution in [2.45, 2.75) is 0 Å². The molecule has 0 aliphatic rings. The van der Waals surface area contributed by atoms with Gasteiger partial charge in [0, 0.05) is 12.4 Å². The molecule has 1 aromatic heterocycles. The first-order valence-electron chi connectivity index (χ1n) is 5.70. The van der Waals surface area contributed by atoms with Crippen molar-refractivity contribution in [2.24, 2.45) is 7.05 Å². The lowest BCUT2D eigenvalue weighted by Gasteiger charge is -2.12. The quantitative estimate of drug-likeness (QED) is 0.827. The summed E-state index contributed by atoms with van der Waals surface area (Å²) in [6.07, 6.45) is 0. The van der Waals surface area contributed by atoms with Crippen LogP contribution in [0.1, 0.15) is 10.4 Å². The maximum absolute atomic E-state index is 12.3. The lowest BCUT2D eigenvalue weighted by Crippen LogP contribution is -2.33. The third-order valence-electron chi connectivity index (χ3n) is 2.87. The van der Waals surface area contributed by atoms with Crippen molar-refractivity contribution in [2.75, 3.05) is 6.54 Å². The second-order valence-corrected chi connectivity index (χ2v) is 4.51. The summed E-state index contributed by atoms with van der Waals surface area (Å²) in [4.78, 5) is 34.6. The number of aryl methyl sites for hydroxylation is 1. The number of halogens is 1. The molecular weight excluding hydrogens is 284 g/mol. The molecular formula is C13H11ClN2O4. The number of carboxylic acid groups (broad SMARTS) is 1. The molecule has 0 aliphatic carbocycles. The van der Waals surface area contributed by atoms with Crippen LogP contribution in [0.3, 0.4) is 0 Å². The summed E-state index contributed by atoms with van der Waals surface area (Å²) in [5.74, 6) is -2.00. The van der Waals surface area contributed by atoms with Crippen molar-refractivity contribution < 1.29 is 14.7 Å². The van der Waals surface area contributed by atoms with Gasteiger partial charge in [0.25, 0.3) is 5.91 Å². The second kappa shape index (κ2) is 5.34. The van der Waals surface area contributed by atoms with Crippen LogP contribution >= 0.6 is 11.6 Å².